The summed E-state index contributed by atoms with van der Waals surface area (Å²) in [7, 11) is 0. The second-order valence-corrected chi connectivity index (χ2v) is 7.83. The van der Waals surface area contributed by atoms with Crippen molar-refractivity contribution in [1.82, 2.24) is 15.1 Å². The maximum absolute atomic E-state index is 12.5. The van der Waals surface area contributed by atoms with E-state index in [0.717, 1.165) is 48.3 Å². The van der Waals surface area contributed by atoms with E-state index in [1.807, 2.05) is 19.9 Å². The molecule has 0 bridgehead atoms. The van der Waals surface area contributed by atoms with Crippen LogP contribution in [0.4, 0.5) is 0 Å². The molecule has 1 heterocycles. The Kier molecular flexibility index (Phi) is 7.57. The van der Waals surface area contributed by atoms with Gasteiger partial charge in [-0.2, -0.15) is 5.10 Å². The summed E-state index contributed by atoms with van der Waals surface area (Å²) in [5.74, 6) is 0.0327. The Bertz CT molecular complexity index is 814. The lowest BCUT2D eigenvalue weighted by molar-refractivity contribution is -0.121. The first-order valence-electron chi connectivity index (χ1n) is 8.90. The van der Waals surface area contributed by atoms with Crippen molar-refractivity contribution in [1.29, 1.82) is 0 Å². The molecule has 1 aliphatic rings. The van der Waals surface area contributed by atoms with Crippen LogP contribution in [-0.4, -0.2) is 27.8 Å². The zero-order valence-electron chi connectivity index (χ0n) is 15.5. The van der Waals surface area contributed by atoms with Crippen LogP contribution in [0.25, 0.3) is 5.69 Å². The van der Waals surface area contributed by atoms with Crippen LogP contribution in [0.3, 0.4) is 0 Å². The highest BCUT2D eigenvalue weighted by molar-refractivity contribution is 6.42. The van der Waals surface area contributed by atoms with E-state index in [1.165, 1.54) is 0 Å². The van der Waals surface area contributed by atoms with Gasteiger partial charge in [-0.3, -0.25) is 4.79 Å². The van der Waals surface area contributed by atoms with E-state index in [1.54, 1.807) is 16.8 Å². The Morgan fingerprint density at radius 3 is 2.52 bits per heavy atom. The van der Waals surface area contributed by atoms with E-state index in [-0.39, 0.29) is 30.4 Å². The molecule has 148 valence electrons. The summed E-state index contributed by atoms with van der Waals surface area (Å²) < 4.78 is 1.81. The Morgan fingerprint density at radius 1 is 1.22 bits per heavy atom. The van der Waals surface area contributed by atoms with E-state index in [4.69, 9.17) is 28.9 Å². The van der Waals surface area contributed by atoms with Crippen molar-refractivity contribution >= 4 is 41.5 Å². The number of hydrogen-bond acceptors (Lipinski definition) is 3. The van der Waals surface area contributed by atoms with Crippen molar-refractivity contribution in [3.8, 4) is 5.69 Å². The predicted octanol–water partition coefficient (Wildman–Crippen LogP) is 4.15. The van der Waals surface area contributed by atoms with Crippen LogP contribution in [0.1, 0.15) is 42.6 Å². The summed E-state index contributed by atoms with van der Waals surface area (Å²) in [4.78, 5) is 12.5. The third-order valence-corrected chi connectivity index (χ3v) is 5.80. The lowest BCUT2D eigenvalue weighted by atomic mass is 9.91. The summed E-state index contributed by atoms with van der Waals surface area (Å²) >= 11 is 12.1. The quantitative estimate of drug-likeness (QED) is 0.764. The average Bonchev–Trinajstić information content (AvgIpc) is 2.87. The molecular weight excluding hydrogens is 407 g/mol. The van der Waals surface area contributed by atoms with Crippen LogP contribution in [-0.2, 0) is 11.2 Å². The number of aryl methyl sites for hydroxylation is 1. The molecule has 0 spiro atoms. The van der Waals surface area contributed by atoms with Gasteiger partial charge in [0.2, 0.25) is 5.91 Å². The lowest BCUT2D eigenvalue weighted by Gasteiger charge is -2.26. The van der Waals surface area contributed by atoms with Crippen molar-refractivity contribution in [2.75, 3.05) is 0 Å². The summed E-state index contributed by atoms with van der Waals surface area (Å²) in [5.41, 5.74) is 9.47. The first kappa shape index (κ1) is 22.0. The van der Waals surface area contributed by atoms with Gasteiger partial charge < -0.3 is 11.1 Å². The van der Waals surface area contributed by atoms with Crippen molar-refractivity contribution in [3.05, 3.63) is 45.2 Å². The average molecular weight is 432 g/mol. The highest BCUT2D eigenvalue weighted by atomic mass is 35.5. The van der Waals surface area contributed by atoms with Gasteiger partial charge in [0.25, 0.3) is 0 Å². The summed E-state index contributed by atoms with van der Waals surface area (Å²) in [6.45, 7) is 3.88. The number of nitrogens with one attached hydrogen (secondary N) is 1. The molecule has 0 atom stereocenters. The van der Waals surface area contributed by atoms with E-state index < -0.39 is 0 Å². The summed E-state index contributed by atoms with van der Waals surface area (Å²) in [6, 6.07) is 5.89. The van der Waals surface area contributed by atoms with Crippen LogP contribution < -0.4 is 11.1 Å². The molecule has 1 saturated carbocycles. The zero-order valence-corrected chi connectivity index (χ0v) is 17.8. The minimum atomic E-state index is 0. The molecule has 1 fully saturated rings. The van der Waals surface area contributed by atoms with Crippen molar-refractivity contribution in [3.63, 3.8) is 0 Å². The Labute approximate surface area is 176 Å². The Balaban J connectivity index is 0.00000261. The number of nitrogens with two attached hydrogens (primary N) is 1. The number of halogens is 3. The fourth-order valence-electron chi connectivity index (χ4n) is 3.50. The number of amides is 1. The van der Waals surface area contributed by atoms with Gasteiger partial charge >= 0.3 is 0 Å². The first-order chi connectivity index (χ1) is 12.3. The predicted molar refractivity (Wildman–Crippen MR) is 112 cm³/mol. The molecule has 1 aliphatic carbocycles. The van der Waals surface area contributed by atoms with E-state index in [2.05, 4.69) is 10.4 Å². The topological polar surface area (TPSA) is 72.9 Å². The van der Waals surface area contributed by atoms with Crippen LogP contribution in [0.5, 0.6) is 0 Å². The maximum atomic E-state index is 12.5. The molecule has 0 unspecified atom stereocenters. The number of aromatic nitrogens is 2. The minimum Gasteiger partial charge on any atom is -0.353 e. The van der Waals surface area contributed by atoms with Crippen molar-refractivity contribution in [2.24, 2.45) is 5.73 Å². The number of carbonyl (C=O) groups excluding carboxylic acids is 1. The molecule has 2 aromatic rings. The van der Waals surface area contributed by atoms with E-state index >= 15 is 0 Å². The van der Waals surface area contributed by atoms with Gasteiger partial charge in [0.1, 0.15) is 0 Å². The van der Waals surface area contributed by atoms with Crippen LogP contribution >= 0.6 is 35.6 Å². The minimum absolute atomic E-state index is 0. The van der Waals surface area contributed by atoms with Crippen molar-refractivity contribution in [2.45, 2.75) is 58.0 Å². The number of carbonyl (C=O) groups is 1. The molecule has 0 saturated heterocycles. The third-order valence-electron chi connectivity index (χ3n) is 5.06. The number of nitrogens with zero attached hydrogens (tertiary/aromatic N) is 2. The van der Waals surface area contributed by atoms with Gasteiger partial charge in [-0.05, 0) is 57.7 Å². The zero-order chi connectivity index (χ0) is 18.8. The largest absolute Gasteiger partial charge is 0.353 e. The fraction of sp³-hybridized carbons (Fsp3) is 0.474. The monoisotopic (exact) mass is 430 g/mol. The molecule has 0 aliphatic heterocycles. The van der Waals surface area contributed by atoms with Gasteiger partial charge in [0, 0.05) is 23.3 Å². The summed E-state index contributed by atoms with van der Waals surface area (Å²) in [6.07, 6.45) is 4.17. The van der Waals surface area contributed by atoms with E-state index in [9.17, 15) is 4.79 Å². The fourth-order valence-corrected chi connectivity index (χ4v) is 3.79. The molecule has 1 aromatic carbocycles. The van der Waals surface area contributed by atoms with Crippen LogP contribution in [0.15, 0.2) is 18.2 Å². The highest BCUT2D eigenvalue weighted by Crippen LogP contribution is 2.26. The normalized spacial score (nSPS) is 19.4. The first-order valence-corrected chi connectivity index (χ1v) is 9.66. The molecule has 8 heteroatoms. The lowest BCUT2D eigenvalue weighted by Crippen LogP contribution is -2.41. The molecule has 3 rings (SSSR count). The second-order valence-electron chi connectivity index (χ2n) is 7.02. The molecule has 1 aromatic heterocycles. The van der Waals surface area contributed by atoms with Crippen LogP contribution in [0.2, 0.25) is 10.0 Å². The SMILES string of the molecule is Cc1nn(-c2ccc(Cl)c(Cl)c2)c(C)c1CC(=O)NC1CCC(N)CC1.Cl. The van der Waals surface area contributed by atoms with Crippen LogP contribution in [0, 0.1) is 13.8 Å². The standard InChI is InChI=1S/C19H24Cl2N4O.ClH/c1-11-16(10-19(26)23-14-5-3-13(22)4-6-14)12(2)25(24-11)15-7-8-17(20)18(21)9-15;/h7-9,13-14H,3-6,10,22H2,1-2H3,(H,23,26);1H. The van der Waals surface area contributed by atoms with E-state index in [0.29, 0.717) is 16.5 Å². The molecule has 1 amide bonds. The Morgan fingerprint density at radius 2 is 1.89 bits per heavy atom. The van der Waals surface area contributed by atoms with Gasteiger partial charge in [0.15, 0.2) is 0 Å². The third kappa shape index (κ3) is 5.17. The smallest absolute Gasteiger partial charge is 0.224 e. The van der Waals surface area contributed by atoms with Gasteiger partial charge in [-0.25, -0.2) is 4.68 Å². The molecule has 0 radical (unpaired) electrons. The van der Waals surface area contributed by atoms with Gasteiger partial charge in [0.05, 0.1) is 27.8 Å². The molecule has 3 N–H and O–H groups in total. The van der Waals surface area contributed by atoms with Gasteiger partial charge in [-0.15, -0.1) is 12.4 Å². The maximum Gasteiger partial charge on any atom is 0.224 e. The number of rotatable bonds is 4. The Hall–Kier alpha value is -1.27. The molecule has 27 heavy (non-hydrogen) atoms. The molecule has 5 nitrogen and oxygen atoms in total. The molecular formula is C19H25Cl3N4O. The highest BCUT2D eigenvalue weighted by Gasteiger charge is 2.22. The number of benzene rings is 1. The number of hydrogen-bond donors (Lipinski definition) is 2. The second kappa shape index (κ2) is 9.28. The van der Waals surface area contributed by atoms with Crippen molar-refractivity contribution < 1.29 is 4.79 Å². The summed E-state index contributed by atoms with van der Waals surface area (Å²) in [5, 5.41) is 8.70. The van der Waals surface area contributed by atoms with Gasteiger partial charge in [-0.1, -0.05) is 23.2 Å².